The summed E-state index contributed by atoms with van der Waals surface area (Å²) in [7, 11) is 1.17. The fourth-order valence-electron chi connectivity index (χ4n) is 1.73. The maximum Gasteiger partial charge on any atom is 0.336 e. The van der Waals surface area contributed by atoms with Gasteiger partial charge in [0.25, 0.3) is 0 Å². The molecule has 0 aromatic carbocycles. The Bertz CT molecular complexity index is 590. The molecule has 2 aromatic rings. The summed E-state index contributed by atoms with van der Waals surface area (Å²) >= 11 is 0. The van der Waals surface area contributed by atoms with Crippen LogP contribution in [0, 0.1) is 0 Å². The molecule has 0 aliphatic carbocycles. The number of nitrogens with zero attached hydrogens (tertiary/aromatic N) is 2. The van der Waals surface area contributed by atoms with Gasteiger partial charge in [-0.3, -0.25) is 4.79 Å². The highest BCUT2D eigenvalue weighted by atomic mass is 16.5. The largest absolute Gasteiger partial charge is 0.467 e. The van der Waals surface area contributed by atoms with E-state index in [0.29, 0.717) is 5.69 Å². The first-order valence-corrected chi connectivity index (χ1v) is 6.05. The van der Waals surface area contributed by atoms with E-state index in [1.165, 1.54) is 7.11 Å². The van der Waals surface area contributed by atoms with Gasteiger partial charge in [0.2, 0.25) is 5.91 Å². The Labute approximate surface area is 115 Å². The van der Waals surface area contributed by atoms with Gasteiger partial charge in [0, 0.05) is 12.4 Å². The molecule has 0 aliphatic rings. The molecule has 1 unspecified atom stereocenters. The minimum Gasteiger partial charge on any atom is -0.467 e. The number of esters is 1. The fraction of sp³-hybridized carbons (Fsp3) is 0.308. The maximum absolute atomic E-state index is 11.7. The molecule has 0 spiro atoms. The third-order valence-electron chi connectivity index (χ3n) is 2.72. The summed E-state index contributed by atoms with van der Waals surface area (Å²) in [6, 6.07) is 5.56. The molecular formula is C13H15N3O4. The van der Waals surface area contributed by atoms with Crippen LogP contribution in [0.1, 0.15) is 5.69 Å². The van der Waals surface area contributed by atoms with Crippen LogP contribution in [0.4, 0.5) is 0 Å². The van der Waals surface area contributed by atoms with Crippen molar-refractivity contribution in [3.8, 4) is 0 Å². The number of hydrogen-bond acceptors (Lipinski definition) is 5. The number of amides is 1. The number of rotatable bonds is 5. The van der Waals surface area contributed by atoms with Crippen LogP contribution in [0.25, 0.3) is 5.65 Å². The Balaban J connectivity index is 1.89. The van der Waals surface area contributed by atoms with Crippen LogP contribution in [0.5, 0.6) is 0 Å². The van der Waals surface area contributed by atoms with Crippen molar-refractivity contribution in [3.63, 3.8) is 0 Å². The third-order valence-corrected chi connectivity index (χ3v) is 2.72. The van der Waals surface area contributed by atoms with Gasteiger partial charge in [0.1, 0.15) is 5.65 Å². The van der Waals surface area contributed by atoms with Crippen LogP contribution < -0.4 is 5.32 Å². The zero-order valence-electron chi connectivity index (χ0n) is 10.9. The predicted molar refractivity (Wildman–Crippen MR) is 69.9 cm³/mol. The summed E-state index contributed by atoms with van der Waals surface area (Å²) < 4.78 is 6.16. The molecule has 7 heteroatoms. The Morgan fingerprint density at radius 1 is 1.50 bits per heavy atom. The minimum atomic E-state index is -1.36. The summed E-state index contributed by atoms with van der Waals surface area (Å²) in [6.45, 7) is -0.182. The number of imidazole rings is 1. The number of aliphatic hydroxyl groups excluding tert-OH is 1. The van der Waals surface area contributed by atoms with E-state index in [9.17, 15) is 14.7 Å². The molecule has 1 amide bonds. The van der Waals surface area contributed by atoms with Crippen LogP contribution >= 0.6 is 0 Å². The van der Waals surface area contributed by atoms with Crippen molar-refractivity contribution in [1.29, 1.82) is 0 Å². The van der Waals surface area contributed by atoms with Gasteiger partial charge in [-0.2, -0.15) is 0 Å². The molecule has 0 radical (unpaired) electrons. The van der Waals surface area contributed by atoms with Crippen LogP contribution in [-0.2, 0) is 20.7 Å². The van der Waals surface area contributed by atoms with Gasteiger partial charge in [-0.1, -0.05) is 6.07 Å². The number of methoxy groups -OCH3 is 1. The highest BCUT2D eigenvalue weighted by Crippen LogP contribution is 2.04. The smallest absolute Gasteiger partial charge is 0.336 e. The number of carbonyl (C=O) groups is 2. The Kier molecular flexibility index (Phi) is 4.31. The first-order chi connectivity index (χ1) is 9.60. The second kappa shape index (κ2) is 6.16. The highest BCUT2D eigenvalue weighted by molar-refractivity contribution is 5.80. The molecule has 106 valence electrons. The number of ether oxygens (including phenoxy) is 1. The van der Waals surface area contributed by atoms with Gasteiger partial charge in [-0.05, 0) is 12.1 Å². The van der Waals surface area contributed by atoms with Crippen molar-refractivity contribution in [1.82, 2.24) is 14.7 Å². The van der Waals surface area contributed by atoms with Gasteiger partial charge < -0.3 is 19.6 Å². The van der Waals surface area contributed by atoms with E-state index in [2.05, 4.69) is 15.0 Å². The summed E-state index contributed by atoms with van der Waals surface area (Å²) in [5, 5.41) is 11.8. The molecule has 2 heterocycles. The average Bonchev–Trinajstić information content (AvgIpc) is 2.85. The predicted octanol–water partition coefficient (Wildman–Crippen LogP) is -0.473. The molecule has 0 fully saturated rings. The SMILES string of the molecule is COC(=O)C(O)CNC(=O)Cc1cn2ccccc2n1. The van der Waals surface area contributed by atoms with Gasteiger partial charge in [-0.15, -0.1) is 0 Å². The number of fused-ring (bicyclic) bond motifs is 1. The van der Waals surface area contributed by atoms with Gasteiger partial charge >= 0.3 is 5.97 Å². The van der Waals surface area contributed by atoms with Crippen molar-refractivity contribution in [2.24, 2.45) is 0 Å². The van der Waals surface area contributed by atoms with Crippen molar-refractivity contribution in [2.75, 3.05) is 13.7 Å². The maximum atomic E-state index is 11.7. The number of aromatic nitrogens is 2. The van der Waals surface area contributed by atoms with Crippen molar-refractivity contribution in [2.45, 2.75) is 12.5 Å². The molecule has 7 nitrogen and oxygen atoms in total. The molecule has 2 N–H and O–H groups in total. The van der Waals surface area contributed by atoms with Crippen LogP contribution in [0.15, 0.2) is 30.6 Å². The summed E-state index contributed by atoms with van der Waals surface area (Å²) in [5.74, 6) is -1.10. The molecule has 0 saturated heterocycles. The summed E-state index contributed by atoms with van der Waals surface area (Å²) in [4.78, 5) is 26.9. The van der Waals surface area contributed by atoms with E-state index in [4.69, 9.17) is 0 Å². The van der Waals surface area contributed by atoms with Gasteiger partial charge in [0.05, 0.1) is 25.8 Å². The second-order valence-corrected chi connectivity index (χ2v) is 4.22. The number of nitrogens with one attached hydrogen (secondary N) is 1. The lowest BCUT2D eigenvalue weighted by molar-refractivity contribution is -0.150. The lowest BCUT2D eigenvalue weighted by Gasteiger charge is -2.08. The average molecular weight is 277 g/mol. The lowest BCUT2D eigenvalue weighted by atomic mass is 10.3. The molecular weight excluding hydrogens is 262 g/mol. The van der Waals surface area contributed by atoms with Gasteiger partial charge in [0.15, 0.2) is 6.10 Å². The Morgan fingerprint density at radius 3 is 3.00 bits per heavy atom. The third kappa shape index (κ3) is 3.33. The molecule has 2 aromatic heterocycles. The number of hydrogen-bond donors (Lipinski definition) is 2. The van der Waals surface area contributed by atoms with E-state index in [0.717, 1.165) is 5.65 Å². The number of carbonyl (C=O) groups excluding carboxylic acids is 2. The minimum absolute atomic E-state index is 0.0789. The zero-order chi connectivity index (χ0) is 14.5. The second-order valence-electron chi connectivity index (χ2n) is 4.22. The van der Waals surface area contributed by atoms with E-state index in [-0.39, 0.29) is 18.9 Å². The number of aliphatic hydroxyl groups is 1. The Hall–Kier alpha value is -2.41. The molecule has 1 atom stereocenters. The quantitative estimate of drug-likeness (QED) is 0.721. The lowest BCUT2D eigenvalue weighted by Crippen LogP contribution is -2.37. The van der Waals surface area contributed by atoms with Crippen LogP contribution in [0.2, 0.25) is 0 Å². The highest BCUT2D eigenvalue weighted by Gasteiger charge is 2.16. The molecule has 20 heavy (non-hydrogen) atoms. The standard InChI is InChI=1S/C13H15N3O4/c1-20-13(19)10(17)7-14-12(18)6-9-8-16-5-3-2-4-11(16)15-9/h2-5,8,10,17H,6-7H2,1H3,(H,14,18). The molecule has 2 rings (SSSR count). The van der Waals surface area contributed by atoms with E-state index in [1.807, 2.05) is 28.8 Å². The Morgan fingerprint density at radius 2 is 2.30 bits per heavy atom. The molecule has 0 saturated carbocycles. The van der Waals surface area contributed by atoms with Gasteiger partial charge in [-0.25, -0.2) is 9.78 Å². The van der Waals surface area contributed by atoms with Crippen molar-refractivity contribution < 1.29 is 19.4 Å². The summed E-state index contributed by atoms with van der Waals surface area (Å²) in [5.41, 5.74) is 1.37. The van der Waals surface area contributed by atoms with Crippen molar-refractivity contribution >= 4 is 17.5 Å². The van der Waals surface area contributed by atoms with E-state index in [1.54, 1.807) is 6.20 Å². The molecule has 0 bridgehead atoms. The zero-order valence-corrected chi connectivity index (χ0v) is 10.9. The first-order valence-electron chi connectivity index (χ1n) is 6.05. The fourth-order valence-corrected chi connectivity index (χ4v) is 1.73. The van der Waals surface area contributed by atoms with E-state index >= 15 is 0 Å². The topological polar surface area (TPSA) is 92.9 Å². The van der Waals surface area contributed by atoms with Crippen molar-refractivity contribution in [3.05, 3.63) is 36.3 Å². The van der Waals surface area contributed by atoms with Crippen LogP contribution in [-0.4, -0.2) is 46.1 Å². The molecule has 0 aliphatic heterocycles. The van der Waals surface area contributed by atoms with Crippen LogP contribution in [0.3, 0.4) is 0 Å². The number of pyridine rings is 1. The normalized spacial score (nSPS) is 12.1. The first kappa shape index (κ1) is 14.0. The van der Waals surface area contributed by atoms with E-state index < -0.39 is 12.1 Å². The monoisotopic (exact) mass is 277 g/mol. The summed E-state index contributed by atoms with van der Waals surface area (Å²) in [6.07, 6.45) is 2.32.